The van der Waals surface area contributed by atoms with E-state index in [0.717, 1.165) is 5.56 Å². The molecule has 100 valence electrons. The van der Waals surface area contributed by atoms with Crippen LogP contribution in [-0.4, -0.2) is 24.3 Å². The van der Waals surface area contributed by atoms with Crippen molar-refractivity contribution in [3.8, 4) is 0 Å². The van der Waals surface area contributed by atoms with E-state index in [1.54, 1.807) is 25.1 Å². The molecule has 1 aromatic carbocycles. The normalized spacial score (nSPS) is 11.4. The number of hydrogen-bond acceptors (Lipinski definition) is 2. The highest BCUT2D eigenvalue weighted by molar-refractivity contribution is 7.80. The largest absolute Gasteiger partial charge is 0.405 e. The number of nitrogens with zero attached hydrogens (tertiary/aromatic N) is 1. The van der Waals surface area contributed by atoms with E-state index in [1.165, 1.54) is 4.90 Å². The molecule has 2 nitrogen and oxygen atoms in total. The molecule has 0 aliphatic carbocycles. The average molecular weight is 276 g/mol. The van der Waals surface area contributed by atoms with Crippen LogP contribution in [0.15, 0.2) is 18.2 Å². The Bertz CT molecular complexity index is 443. The first kappa shape index (κ1) is 14.8. The third kappa shape index (κ3) is 3.87. The summed E-state index contributed by atoms with van der Waals surface area (Å²) in [6, 6.07) is 5.11. The molecule has 0 radical (unpaired) electrons. The number of benzene rings is 1. The van der Waals surface area contributed by atoms with Crippen molar-refractivity contribution in [2.24, 2.45) is 5.73 Å². The Morgan fingerprint density at radius 3 is 2.44 bits per heavy atom. The monoisotopic (exact) mass is 276 g/mol. The van der Waals surface area contributed by atoms with E-state index < -0.39 is 12.7 Å². The maximum Gasteiger partial charge on any atom is 0.405 e. The Morgan fingerprint density at radius 1 is 1.39 bits per heavy atom. The molecule has 0 aliphatic rings. The molecule has 0 bridgehead atoms. The lowest BCUT2D eigenvalue weighted by Gasteiger charge is -2.26. The van der Waals surface area contributed by atoms with E-state index in [1.807, 2.05) is 6.92 Å². The molecule has 0 fully saturated rings. The van der Waals surface area contributed by atoms with Gasteiger partial charge in [-0.15, -0.1) is 0 Å². The van der Waals surface area contributed by atoms with Gasteiger partial charge in [0, 0.05) is 17.8 Å². The van der Waals surface area contributed by atoms with Crippen LogP contribution < -0.4 is 10.6 Å². The standard InChI is InChI=1S/C12H15F3N2S/c1-3-17(7-12(13,14)15)10-6-8(2)4-5-9(10)11(16)18/h4-6H,3,7H2,1-2H3,(H2,16,18). The summed E-state index contributed by atoms with van der Waals surface area (Å²) in [6.07, 6.45) is -4.26. The predicted molar refractivity (Wildman–Crippen MR) is 71.0 cm³/mol. The van der Waals surface area contributed by atoms with Crippen LogP contribution in [0.25, 0.3) is 0 Å². The molecular formula is C12H15F3N2S. The Labute approximate surface area is 110 Å². The molecule has 0 aliphatic heterocycles. The van der Waals surface area contributed by atoms with Crippen molar-refractivity contribution in [3.05, 3.63) is 29.3 Å². The fourth-order valence-corrected chi connectivity index (χ4v) is 1.87. The number of alkyl halides is 3. The SMILES string of the molecule is CCN(CC(F)(F)F)c1cc(C)ccc1C(N)=S. The van der Waals surface area contributed by atoms with Crippen molar-refractivity contribution in [1.82, 2.24) is 0 Å². The lowest BCUT2D eigenvalue weighted by molar-refractivity contribution is -0.119. The molecule has 6 heteroatoms. The fourth-order valence-electron chi connectivity index (χ4n) is 1.70. The molecule has 0 heterocycles. The molecule has 1 rings (SSSR count). The third-order valence-corrected chi connectivity index (χ3v) is 2.73. The summed E-state index contributed by atoms with van der Waals surface area (Å²) >= 11 is 4.87. The summed E-state index contributed by atoms with van der Waals surface area (Å²) in [5.74, 6) is 0. The molecule has 0 spiro atoms. The number of hydrogen-bond donors (Lipinski definition) is 1. The zero-order valence-electron chi connectivity index (χ0n) is 10.2. The maximum absolute atomic E-state index is 12.5. The summed E-state index contributed by atoms with van der Waals surface area (Å²) in [4.78, 5) is 1.33. The number of thiocarbonyl (C=S) groups is 1. The molecule has 18 heavy (non-hydrogen) atoms. The molecule has 0 unspecified atom stereocenters. The van der Waals surface area contributed by atoms with Crippen LogP contribution in [0.5, 0.6) is 0 Å². The second-order valence-corrected chi connectivity index (χ2v) is 4.45. The summed E-state index contributed by atoms with van der Waals surface area (Å²) in [5, 5.41) is 0. The van der Waals surface area contributed by atoms with Crippen molar-refractivity contribution in [3.63, 3.8) is 0 Å². The van der Waals surface area contributed by atoms with Gasteiger partial charge in [-0.05, 0) is 31.5 Å². The van der Waals surface area contributed by atoms with E-state index in [-0.39, 0.29) is 11.5 Å². The van der Waals surface area contributed by atoms with E-state index in [9.17, 15) is 13.2 Å². The van der Waals surface area contributed by atoms with Gasteiger partial charge in [0.15, 0.2) is 0 Å². The van der Waals surface area contributed by atoms with Gasteiger partial charge in [0.25, 0.3) is 0 Å². The minimum atomic E-state index is -4.26. The second-order valence-electron chi connectivity index (χ2n) is 4.01. The first-order valence-corrected chi connectivity index (χ1v) is 5.87. The van der Waals surface area contributed by atoms with Gasteiger partial charge in [0.2, 0.25) is 0 Å². The quantitative estimate of drug-likeness (QED) is 0.857. The third-order valence-electron chi connectivity index (χ3n) is 2.51. The van der Waals surface area contributed by atoms with Crippen LogP contribution in [0.2, 0.25) is 0 Å². The number of rotatable bonds is 4. The summed E-state index contributed by atoms with van der Waals surface area (Å²) in [5.41, 5.74) is 7.32. The molecule has 2 N–H and O–H groups in total. The molecule has 0 atom stereocenters. The highest BCUT2D eigenvalue weighted by atomic mass is 32.1. The minimum Gasteiger partial charge on any atom is -0.389 e. The van der Waals surface area contributed by atoms with Gasteiger partial charge in [-0.1, -0.05) is 18.3 Å². The van der Waals surface area contributed by atoms with Gasteiger partial charge in [-0.2, -0.15) is 13.2 Å². The molecule has 0 amide bonds. The van der Waals surface area contributed by atoms with E-state index in [4.69, 9.17) is 18.0 Å². The van der Waals surface area contributed by atoms with Gasteiger partial charge in [-0.25, -0.2) is 0 Å². The lowest BCUT2D eigenvalue weighted by atomic mass is 10.1. The highest BCUT2D eigenvalue weighted by Gasteiger charge is 2.31. The topological polar surface area (TPSA) is 29.3 Å². The van der Waals surface area contributed by atoms with Crippen molar-refractivity contribution < 1.29 is 13.2 Å². The van der Waals surface area contributed by atoms with Crippen molar-refractivity contribution in [2.75, 3.05) is 18.0 Å². The number of anilines is 1. The van der Waals surface area contributed by atoms with Gasteiger partial charge in [0.1, 0.15) is 11.5 Å². The Hall–Kier alpha value is -1.30. The summed E-state index contributed by atoms with van der Waals surface area (Å²) in [6.45, 7) is 2.70. The summed E-state index contributed by atoms with van der Waals surface area (Å²) in [7, 11) is 0. The summed E-state index contributed by atoms with van der Waals surface area (Å²) < 4.78 is 37.5. The molecule has 1 aromatic rings. The van der Waals surface area contributed by atoms with Gasteiger partial charge < -0.3 is 10.6 Å². The van der Waals surface area contributed by atoms with Crippen LogP contribution in [0.1, 0.15) is 18.1 Å². The fraction of sp³-hybridized carbons (Fsp3) is 0.417. The lowest BCUT2D eigenvalue weighted by Crippen LogP contribution is -2.35. The van der Waals surface area contributed by atoms with Gasteiger partial charge in [-0.3, -0.25) is 0 Å². The smallest absolute Gasteiger partial charge is 0.389 e. The Morgan fingerprint density at radius 2 is 2.00 bits per heavy atom. The number of halogens is 3. The molecule has 0 saturated heterocycles. The van der Waals surface area contributed by atoms with Crippen molar-refractivity contribution >= 4 is 22.9 Å². The first-order valence-electron chi connectivity index (χ1n) is 5.46. The average Bonchev–Trinajstić information content (AvgIpc) is 2.24. The molecular weight excluding hydrogens is 261 g/mol. The van der Waals surface area contributed by atoms with Crippen molar-refractivity contribution in [2.45, 2.75) is 20.0 Å². The van der Waals surface area contributed by atoms with Gasteiger partial charge >= 0.3 is 6.18 Å². The minimum absolute atomic E-state index is 0.102. The van der Waals surface area contributed by atoms with Crippen LogP contribution in [0, 0.1) is 6.92 Å². The number of aryl methyl sites for hydroxylation is 1. The van der Waals surface area contributed by atoms with Crippen LogP contribution in [0.4, 0.5) is 18.9 Å². The molecule has 0 saturated carbocycles. The van der Waals surface area contributed by atoms with Crippen molar-refractivity contribution in [1.29, 1.82) is 0 Å². The number of nitrogens with two attached hydrogens (primary N) is 1. The first-order chi connectivity index (χ1) is 8.24. The Balaban J connectivity index is 3.19. The van der Waals surface area contributed by atoms with E-state index in [0.29, 0.717) is 11.3 Å². The second kappa shape index (κ2) is 5.56. The van der Waals surface area contributed by atoms with Gasteiger partial charge in [0.05, 0.1) is 0 Å². The van der Waals surface area contributed by atoms with Crippen LogP contribution >= 0.6 is 12.2 Å². The van der Waals surface area contributed by atoms with Crippen LogP contribution in [-0.2, 0) is 0 Å². The highest BCUT2D eigenvalue weighted by Crippen LogP contribution is 2.26. The molecule has 0 aromatic heterocycles. The Kier molecular flexibility index (Phi) is 4.56. The van der Waals surface area contributed by atoms with Crippen LogP contribution in [0.3, 0.4) is 0 Å². The predicted octanol–water partition coefficient (Wildman–Crippen LogP) is 3.02. The zero-order chi connectivity index (χ0) is 13.9. The van der Waals surface area contributed by atoms with E-state index in [2.05, 4.69) is 0 Å². The van der Waals surface area contributed by atoms with E-state index >= 15 is 0 Å². The zero-order valence-corrected chi connectivity index (χ0v) is 11.0. The maximum atomic E-state index is 12.5.